The number of hydrogen-bond acceptors (Lipinski definition) is 4. The number of ether oxygens (including phenoxy) is 1. The number of nitrogens with one attached hydrogen (secondary N) is 1. The second kappa shape index (κ2) is 7.67. The van der Waals surface area contributed by atoms with Crippen molar-refractivity contribution in [3.05, 3.63) is 47.4 Å². The van der Waals surface area contributed by atoms with Crippen molar-refractivity contribution in [2.75, 3.05) is 0 Å². The SMILES string of the molecule is CC(C)(C)OC(=O)NCc1cccc(-c2nc(Cl)nc3c2ccn3CC2CC2)c1. The van der Waals surface area contributed by atoms with Crippen molar-refractivity contribution >= 4 is 28.7 Å². The molecule has 3 aromatic rings. The number of rotatable bonds is 5. The number of alkyl carbamates (subject to hydrolysis) is 1. The number of aromatic nitrogens is 3. The molecule has 29 heavy (non-hydrogen) atoms. The van der Waals surface area contributed by atoms with Gasteiger partial charge in [0.05, 0.1) is 5.69 Å². The van der Waals surface area contributed by atoms with Crippen molar-refractivity contribution in [3.8, 4) is 11.3 Å². The lowest BCUT2D eigenvalue weighted by Crippen LogP contribution is -2.32. The number of benzene rings is 1. The Morgan fingerprint density at radius 3 is 2.79 bits per heavy atom. The molecule has 7 heteroatoms. The molecule has 1 aliphatic carbocycles. The van der Waals surface area contributed by atoms with Gasteiger partial charge in [0.2, 0.25) is 5.28 Å². The fourth-order valence-electron chi connectivity index (χ4n) is 3.30. The molecule has 1 aliphatic rings. The Balaban J connectivity index is 1.58. The molecule has 1 fully saturated rings. The largest absolute Gasteiger partial charge is 0.444 e. The summed E-state index contributed by atoms with van der Waals surface area (Å²) >= 11 is 6.25. The van der Waals surface area contributed by atoms with E-state index in [0.29, 0.717) is 6.54 Å². The van der Waals surface area contributed by atoms with Gasteiger partial charge in [-0.25, -0.2) is 9.78 Å². The Bertz CT molecular complexity index is 1050. The number of fused-ring (bicyclic) bond motifs is 1. The zero-order chi connectivity index (χ0) is 20.6. The van der Waals surface area contributed by atoms with Gasteiger partial charge in [-0.05, 0) is 68.8 Å². The molecular formula is C22H25ClN4O2. The van der Waals surface area contributed by atoms with E-state index in [1.165, 1.54) is 12.8 Å². The number of nitrogens with zero attached hydrogens (tertiary/aromatic N) is 3. The van der Waals surface area contributed by atoms with Gasteiger partial charge < -0.3 is 14.6 Å². The molecule has 1 saturated carbocycles. The van der Waals surface area contributed by atoms with E-state index >= 15 is 0 Å². The molecule has 4 rings (SSSR count). The van der Waals surface area contributed by atoms with E-state index in [-0.39, 0.29) is 5.28 Å². The third kappa shape index (κ3) is 4.88. The first kappa shape index (κ1) is 19.7. The van der Waals surface area contributed by atoms with Gasteiger partial charge in [-0.3, -0.25) is 0 Å². The van der Waals surface area contributed by atoms with Crippen LogP contribution in [0.5, 0.6) is 0 Å². The minimum Gasteiger partial charge on any atom is -0.444 e. The van der Waals surface area contributed by atoms with Gasteiger partial charge in [0, 0.05) is 30.2 Å². The summed E-state index contributed by atoms with van der Waals surface area (Å²) in [5, 5.41) is 4.01. The summed E-state index contributed by atoms with van der Waals surface area (Å²) in [5.74, 6) is 0.741. The summed E-state index contributed by atoms with van der Waals surface area (Å²) < 4.78 is 7.46. The summed E-state index contributed by atoms with van der Waals surface area (Å²) in [6.45, 7) is 6.86. The minimum absolute atomic E-state index is 0.237. The molecule has 2 heterocycles. The van der Waals surface area contributed by atoms with E-state index in [2.05, 4.69) is 32.1 Å². The summed E-state index contributed by atoms with van der Waals surface area (Å²) in [6.07, 6.45) is 4.18. The van der Waals surface area contributed by atoms with Crippen LogP contribution in [0.1, 0.15) is 39.2 Å². The van der Waals surface area contributed by atoms with Crippen molar-refractivity contribution < 1.29 is 9.53 Å². The topological polar surface area (TPSA) is 69.0 Å². The first-order valence-electron chi connectivity index (χ1n) is 9.87. The van der Waals surface area contributed by atoms with E-state index in [4.69, 9.17) is 16.3 Å². The predicted molar refractivity (Wildman–Crippen MR) is 114 cm³/mol. The summed E-state index contributed by atoms with van der Waals surface area (Å²) in [4.78, 5) is 20.9. The normalized spacial score (nSPS) is 14.2. The smallest absolute Gasteiger partial charge is 0.407 e. The minimum atomic E-state index is -0.525. The molecule has 1 aromatic carbocycles. The third-order valence-corrected chi connectivity index (χ3v) is 4.95. The monoisotopic (exact) mass is 412 g/mol. The highest BCUT2D eigenvalue weighted by Crippen LogP contribution is 2.34. The molecule has 0 radical (unpaired) electrons. The first-order chi connectivity index (χ1) is 13.8. The summed E-state index contributed by atoms with van der Waals surface area (Å²) in [7, 11) is 0. The maximum atomic E-state index is 11.9. The highest BCUT2D eigenvalue weighted by molar-refractivity contribution is 6.28. The van der Waals surface area contributed by atoms with Crippen molar-refractivity contribution in [1.29, 1.82) is 0 Å². The number of carbonyl (C=O) groups excluding carboxylic acids is 1. The van der Waals surface area contributed by atoms with Crippen LogP contribution in [-0.2, 0) is 17.8 Å². The lowest BCUT2D eigenvalue weighted by molar-refractivity contribution is 0.0523. The molecule has 6 nitrogen and oxygen atoms in total. The molecule has 0 bridgehead atoms. The molecule has 1 amide bonds. The number of hydrogen-bond donors (Lipinski definition) is 1. The quantitative estimate of drug-likeness (QED) is 0.585. The highest BCUT2D eigenvalue weighted by Gasteiger charge is 2.23. The van der Waals surface area contributed by atoms with Crippen LogP contribution in [0.2, 0.25) is 5.28 Å². The lowest BCUT2D eigenvalue weighted by Gasteiger charge is -2.19. The van der Waals surface area contributed by atoms with Gasteiger partial charge in [-0.15, -0.1) is 0 Å². The Labute approximate surface area is 175 Å². The molecule has 152 valence electrons. The van der Waals surface area contributed by atoms with E-state index in [1.807, 2.05) is 45.0 Å². The highest BCUT2D eigenvalue weighted by atomic mass is 35.5. The van der Waals surface area contributed by atoms with E-state index in [9.17, 15) is 4.79 Å². The number of amides is 1. The van der Waals surface area contributed by atoms with Gasteiger partial charge in [-0.2, -0.15) is 4.98 Å². The van der Waals surface area contributed by atoms with E-state index in [1.54, 1.807) is 0 Å². The Hall–Kier alpha value is -2.60. The van der Waals surface area contributed by atoms with Crippen LogP contribution in [0, 0.1) is 5.92 Å². The average Bonchev–Trinajstić information content (AvgIpc) is 3.38. The molecule has 1 N–H and O–H groups in total. The molecule has 0 atom stereocenters. The molecular weight excluding hydrogens is 388 g/mol. The standard InChI is InChI=1S/C22H25ClN4O2/c1-22(2,3)29-21(28)24-12-15-5-4-6-16(11-15)18-17-9-10-27(13-14-7-8-14)19(17)26-20(23)25-18/h4-6,9-11,14H,7-8,12-13H2,1-3H3,(H,24,28). The van der Waals surface area contributed by atoms with Crippen LogP contribution in [-0.4, -0.2) is 26.2 Å². The van der Waals surface area contributed by atoms with Crippen LogP contribution in [0.15, 0.2) is 36.5 Å². The summed E-state index contributed by atoms with van der Waals surface area (Å²) in [5.41, 5.74) is 3.03. The Kier molecular flexibility index (Phi) is 5.21. The fourth-order valence-corrected chi connectivity index (χ4v) is 3.47. The number of halogens is 1. The van der Waals surface area contributed by atoms with Crippen LogP contribution in [0.25, 0.3) is 22.3 Å². The van der Waals surface area contributed by atoms with Crippen LogP contribution in [0.4, 0.5) is 4.79 Å². The fraction of sp³-hybridized carbons (Fsp3) is 0.409. The van der Waals surface area contributed by atoms with Crippen molar-refractivity contribution in [2.45, 2.75) is 52.3 Å². The average molecular weight is 413 g/mol. The van der Waals surface area contributed by atoms with Crippen LogP contribution >= 0.6 is 11.6 Å². The van der Waals surface area contributed by atoms with Crippen LogP contribution in [0.3, 0.4) is 0 Å². The zero-order valence-corrected chi connectivity index (χ0v) is 17.7. The van der Waals surface area contributed by atoms with Gasteiger partial charge in [-0.1, -0.05) is 18.2 Å². The zero-order valence-electron chi connectivity index (χ0n) is 16.9. The van der Waals surface area contributed by atoms with Gasteiger partial charge in [0.1, 0.15) is 11.2 Å². The van der Waals surface area contributed by atoms with Crippen LogP contribution < -0.4 is 5.32 Å². The first-order valence-corrected chi connectivity index (χ1v) is 10.2. The maximum Gasteiger partial charge on any atom is 0.407 e. The molecule has 0 aliphatic heterocycles. The Morgan fingerprint density at radius 2 is 2.07 bits per heavy atom. The van der Waals surface area contributed by atoms with Crippen molar-refractivity contribution in [2.24, 2.45) is 5.92 Å². The molecule has 2 aromatic heterocycles. The van der Waals surface area contributed by atoms with Gasteiger partial charge >= 0.3 is 6.09 Å². The van der Waals surface area contributed by atoms with Gasteiger partial charge in [0.25, 0.3) is 0 Å². The second-order valence-corrected chi connectivity index (χ2v) is 8.88. The maximum absolute atomic E-state index is 11.9. The second-order valence-electron chi connectivity index (χ2n) is 8.55. The summed E-state index contributed by atoms with van der Waals surface area (Å²) in [6, 6.07) is 9.96. The molecule has 0 spiro atoms. The van der Waals surface area contributed by atoms with Crippen molar-refractivity contribution in [3.63, 3.8) is 0 Å². The van der Waals surface area contributed by atoms with Crippen molar-refractivity contribution in [1.82, 2.24) is 19.9 Å². The van der Waals surface area contributed by atoms with E-state index in [0.717, 1.165) is 40.3 Å². The number of carbonyl (C=O) groups is 1. The lowest BCUT2D eigenvalue weighted by atomic mass is 10.1. The molecule has 0 unspecified atom stereocenters. The molecule has 0 saturated heterocycles. The van der Waals surface area contributed by atoms with Gasteiger partial charge in [0.15, 0.2) is 0 Å². The predicted octanol–water partition coefficient (Wildman–Crippen LogP) is 5.19. The van der Waals surface area contributed by atoms with E-state index < -0.39 is 11.7 Å². The Morgan fingerprint density at radius 1 is 1.28 bits per heavy atom. The third-order valence-electron chi connectivity index (χ3n) is 4.78.